The highest BCUT2D eigenvalue weighted by atomic mass is 32.2. The summed E-state index contributed by atoms with van der Waals surface area (Å²) in [5.74, 6) is 1.00. The molecule has 0 saturated carbocycles. The van der Waals surface area contributed by atoms with E-state index >= 15 is 0 Å². The molecule has 0 bridgehead atoms. The number of aromatic nitrogens is 3. The van der Waals surface area contributed by atoms with Gasteiger partial charge in [0, 0.05) is 11.6 Å². The Bertz CT molecular complexity index is 1440. The van der Waals surface area contributed by atoms with Gasteiger partial charge in [0.1, 0.15) is 5.52 Å². The summed E-state index contributed by atoms with van der Waals surface area (Å²) in [6, 6.07) is 12.5. The van der Waals surface area contributed by atoms with Crippen LogP contribution in [0.15, 0.2) is 59.6 Å². The number of rotatable bonds is 7. The van der Waals surface area contributed by atoms with E-state index in [-0.39, 0.29) is 27.9 Å². The number of phenolic OH excluding ortho intramolecular Hbond substituents is 1. The first-order valence-corrected chi connectivity index (χ1v) is 11.1. The molecule has 2 aromatic heterocycles. The van der Waals surface area contributed by atoms with Crippen LogP contribution in [0.3, 0.4) is 0 Å². The second-order valence-electron chi connectivity index (χ2n) is 6.80. The molecule has 0 amide bonds. The van der Waals surface area contributed by atoms with Gasteiger partial charge in [0.05, 0.1) is 38.1 Å². The third kappa shape index (κ3) is 4.44. The number of nitrogens with zero attached hydrogens (tertiary/aromatic N) is 3. The normalized spacial score (nSPS) is 11.2. The van der Waals surface area contributed by atoms with E-state index in [0.717, 1.165) is 0 Å². The predicted molar refractivity (Wildman–Crippen MR) is 121 cm³/mol. The van der Waals surface area contributed by atoms with Crippen molar-refractivity contribution in [1.82, 2.24) is 15.0 Å². The van der Waals surface area contributed by atoms with E-state index < -0.39 is 10.0 Å². The summed E-state index contributed by atoms with van der Waals surface area (Å²) in [5.41, 5.74) is 1.96. The Morgan fingerprint density at radius 1 is 0.848 bits per heavy atom. The molecule has 2 aromatic carbocycles. The van der Waals surface area contributed by atoms with E-state index in [1.807, 2.05) is 0 Å². The number of aromatic hydroxyl groups is 1. The van der Waals surface area contributed by atoms with Crippen molar-refractivity contribution in [2.24, 2.45) is 0 Å². The SMILES string of the molecule is COc1cc(-c2ccc3ncc(NS(=O)(=O)c4ccc(OC)c(OC)c4)nc3n2)ccc1O. The zero-order valence-electron chi connectivity index (χ0n) is 17.9. The third-order valence-corrected chi connectivity index (χ3v) is 6.14. The highest BCUT2D eigenvalue weighted by Gasteiger charge is 2.18. The van der Waals surface area contributed by atoms with Crippen molar-refractivity contribution in [2.75, 3.05) is 26.1 Å². The van der Waals surface area contributed by atoms with Gasteiger partial charge in [-0.3, -0.25) is 4.72 Å². The maximum absolute atomic E-state index is 12.9. The largest absolute Gasteiger partial charge is 0.504 e. The molecular weight excluding hydrogens is 448 g/mol. The van der Waals surface area contributed by atoms with Crippen molar-refractivity contribution in [3.05, 3.63) is 54.7 Å². The van der Waals surface area contributed by atoms with Crippen molar-refractivity contribution < 1.29 is 27.7 Å². The molecule has 0 aliphatic carbocycles. The number of hydrogen-bond donors (Lipinski definition) is 2. The highest BCUT2D eigenvalue weighted by molar-refractivity contribution is 7.92. The topological polar surface area (TPSA) is 133 Å². The molecule has 0 aliphatic rings. The van der Waals surface area contributed by atoms with Crippen LogP contribution in [0.5, 0.6) is 23.0 Å². The first kappa shape index (κ1) is 22.1. The number of benzene rings is 2. The molecule has 0 radical (unpaired) electrons. The zero-order valence-corrected chi connectivity index (χ0v) is 18.8. The minimum atomic E-state index is -3.98. The lowest BCUT2D eigenvalue weighted by molar-refractivity contribution is 0.354. The molecule has 4 rings (SSSR count). The third-order valence-electron chi connectivity index (χ3n) is 4.79. The van der Waals surface area contributed by atoms with Crippen molar-refractivity contribution in [2.45, 2.75) is 4.90 Å². The molecule has 0 spiro atoms. The van der Waals surface area contributed by atoms with Crippen LogP contribution in [0, 0.1) is 0 Å². The number of methoxy groups -OCH3 is 3. The number of anilines is 1. The average Bonchev–Trinajstić information content (AvgIpc) is 2.83. The highest BCUT2D eigenvalue weighted by Crippen LogP contribution is 2.32. The van der Waals surface area contributed by atoms with Gasteiger partial charge >= 0.3 is 0 Å². The monoisotopic (exact) mass is 468 g/mol. The van der Waals surface area contributed by atoms with E-state index in [1.165, 1.54) is 51.8 Å². The van der Waals surface area contributed by atoms with E-state index in [4.69, 9.17) is 14.2 Å². The second-order valence-corrected chi connectivity index (χ2v) is 8.49. The number of phenols is 1. The van der Waals surface area contributed by atoms with Gasteiger partial charge in [0.15, 0.2) is 34.5 Å². The predicted octanol–water partition coefficient (Wildman–Crippen LogP) is 3.22. The van der Waals surface area contributed by atoms with Crippen LogP contribution in [0.2, 0.25) is 0 Å². The Labute approximate surface area is 189 Å². The number of fused-ring (bicyclic) bond motifs is 1. The molecule has 11 heteroatoms. The van der Waals surface area contributed by atoms with Gasteiger partial charge in [-0.25, -0.2) is 23.4 Å². The number of nitrogens with one attached hydrogen (secondary N) is 1. The molecule has 0 unspecified atom stereocenters. The van der Waals surface area contributed by atoms with Crippen LogP contribution >= 0.6 is 0 Å². The molecule has 170 valence electrons. The molecule has 2 heterocycles. The summed E-state index contributed by atoms with van der Waals surface area (Å²) in [6.07, 6.45) is 1.31. The zero-order chi connectivity index (χ0) is 23.6. The van der Waals surface area contributed by atoms with Crippen LogP contribution in [-0.4, -0.2) is 49.8 Å². The second kappa shape index (κ2) is 8.79. The summed E-state index contributed by atoms with van der Waals surface area (Å²) in [6.45, 7) is 0. The first-order valence-electron chi connectivity index (χ1n) is 9.60. The van der Waals surface area contributed by atoms with Gasteiger partial charge < -0.3 is 19.3 Å². The Hall–Kier alpha value is -4.12. The molecule has 0 aliphatic heterocycles. The lowest BCUT2D eigenvalue weighted by Crippen LogP contribution is -2.14. The Kier molecular flexibility index (Phi) is 5.88. The maximum Gasteiger partial charge on any atom is 0.263 e. The Morgan fingerprint density at radius 3 is 2.33 bits per heavy atom. The van der Waals surface area contributed by atoms with Crippen LogP contribution in [0.25, 0.3) is 22.4 Å². The van der Waals surface area contributed by atoms with Crippen LogP contribution in [0.4, 0.5) is 5.82 Å². The number of ether oxygens (including phenoxy) is 3. The average molecular weight is 468 g/mol. The fourth-order valence-electron chi connectivity index (χ4n) is 3.12. The first-order chi connectivity index (χ1) is 15.8. The molecule has 2 N–H and O–H groups in total. The van der Waals surface area contributed by atoms with Gasteiger partial charge in [-0.05, 0) is 42.5 Å². The number of sulfonamides is 1. The molecule has 10 nitrogen and oxygen atoms in total. The maximum atomic E-state index is 12.9. The van der Waals surface area contributed by atoms with E-state index in [9.17, 15) is 13.5 Å². The summed E-state index contributed by atoms with van der Waals surface area (Å²) in [5, 5.41) is 9.81. The van der Waals surface area contributed by atoms with Gasteiger partial charge in [-0.1, -0.05) is 0 Å². The minimum absolute atomic E-state index is 0.00483. The van der Waals surface area contributed by atoms with Crippen LogP contribution in [0.1, 0.15) is 0 Å². The number of pyridine rings is 1. The number of hydrogen-bond acceptors (Lipinski definition) is 9. The van der Waals surface area contributed by atoms with E-state index in [2.05, 4.69) is 19.7 Å². The van der Waals surface area contributed by atoms with Crippen molar-refractivity contribution in [3.8, 4) is 34.3 Å². The van der Waals surface area contributed by atoms with Gasteiger partial charge in [0.2, 0.25) is 0 Å². The fourth-order valence-corrected chi connectivity index (χ4v) is 4.13. The Morgan fingerprint density at radius 2 is 1.61 bits per heavy atom. The van der Waals surface area contributed by atoms with Gasteiger partial charge in [0.25, 0.3) is 10.0 Å². The lowest BCUT2D eigenvalue weighted by atomic mass is 10.1. The molecule has 33 heavy (non-hydrogen) atoms. The smallest absolute Gasteiger partial charge is 0.263 e. The van der Waals surface area contributed by atoms with Crippen molar-refractivity contribution in [3.63, 3.8) is 0 Å². The molecule has 0 saturated heterocycles. The summed E-state index contributed by atoms with van der Waals surface area (Å²) in [7, 11) is 0.360. The van der Waals surface area contributed by atoms with Crippen LogP contribution in [-0.2, 0) is 10.0 Å². The standard InChI is InChI=1S/C22H20N4O6S/c1-30-18-9-5-14(11-20(18)32-3)33(28,29)26-21-12-23-16-7-6-15(24-22(16)25-21)13-4-8-17(27)19(10-13)31-2/h4-12,27H,1-3H3,(H,24,25,26). The molecule has 4 aromatic rings. The quantitative estimate of drug-likeness (QED) is 0.419. The lowest BCUT2D eigenvalue weighted by Gasteiger charge is -2.11. The van der Waals surface area contributed by atoms with Crippen LogP contribution < -0.4 is 18.9 Å². The minimum Gasteiger partial charge on any atom is -0.504 e. The van der Waals surface area contributed by atoms with Crippen molar-refractivity contribution >= 4 is 27.0 Å². The summed E-state index contributed by atoms with van der Waals surface area (Å²) >= 11 is 0. The van der Waals surface area contributed by atoms with E-state index in [0.29, 0.717) is 28.3 Å². The van der Waals surface area contributed by atoms with Gasteiger partial charge in [-0.15, -0.1) is 0 Å². The summed E-state index contributed by atoms with van der Waals surface area (Å²) in [4.78, 5) is 13.0. The Balaban J connectivity index is 1.68. The van der Waals surface area contributed by atoms with Crippen molar-refractivity contribution in [1.29, 1.82) is 0 Å². The molecule has 0 fully saturated rings. The summed E-state index contributed by atoms with van der Waals surface area (Å²) < 4.78 is 43.6. The van der Waals surface area contributed by atoms with Gasteiger partial charge in [-0.2, -0.15) is 0 Å². The van der Waals surface area contributed by atoms with E-state index in [1.54, 1.807) is 24.3 Å². The fraction of sp³-hybridized carbons (Fsp3) is 0.136. The molecule has 0 atom stereocenters. The molecular formula is C22H20N4O6S.